The quantitative estimate of drug-likeness (QED) is 0.915. The lowest BCUT2D eigenvalue weighted by Gasteiger charge is -2.39. The molecule has 1 aromatic rings. The number of nitrogens with two attached hydrogens (primary N) is 1. The van der Waals surface area contributed by atoms with Crippen LogP contribution in [0, 0.1) is 5.82 Å². The van der Waals surface area contributed by atoms with Crippen LogP contribution in [0.3, 0.4) is 0 Å². The second-order valence-corrected chi connectivity index (χ2v) is 5.80. The molecule has 110 valence electrons. The Hall–Kier alpha value is -1.20. The van der Waals surface area contributed by atoms with Crippen molar-refractivity contribution >= 4 is 5.82 Å². The molecule has 0 radical (unpaired) electrons. The summed E-state index contributed by atoms with van der Waals surface area (Å²) in [6.45, 7) is 4.41. The Kier molecular flexibility index (Phi) is 4.17. The summed E-state index contributed by atoms with van der Waals surface area (Å²) in [7, 11) is 0. The van der Waals surface area contributed by atoms with E-state index in [9.17, 15) is 4.39 Å². The summed E-state index contributed by atoms with van der Waals surface area (Å²) >= 11 is 0. The molecular weight excluding hydrogens is 255 g/mol. The van der Waals surface area contributed by atoms with E-state index in [1.165, 1.54) is 37.9 Å². The van der Waals surface area contributed by atoms with Crippen molar-refractivity contribution in [3.05, 3.63) is 23.6 Å². The highest BCUT2D eigenvalue weighted by Crippen LogP contribution is 2.26. The van der Waals surface area contributed by atoms with Gasteiger partial charge in [-0.1, -0.05) is 12.8 Å². The van der Waals surface area contributed by atoms with Crippen molar-refractivity contribution in [1.29, 1.82) is 0 Å². The van der Waals surface area contributed by atoms with Gasteiger partial charge in [-0.2, -0.15) is 0 Å². The smallest absolute Gasteiger partial charge is 0.141 e. The molecule has 0 unspecified atom stereocenters. The molecule has 0 aromatic carbocycles. The molecule has 0 amide bonds. The van der Waals surface area contributed by atoms with Gasteiger partial charge in [0.25, 0.3) is 0 Å². The number of pyridine rings is 1. The third-order valence-electron chi connectivity index (χ3n) is 4.58. The summed E-state index contributed by atoms with van der Waals surface area (Å²) in [6, 6.07) is 2.29. The van der Waals surface area contributed by atoms with Gasteiger partial charge in [0, 0.05) is 44.3 Å². The molecule has 20 heavy (non-hydrogen) atoms. The molecule has 0 atom stereocenters. The lowest BCUT2D eigenvalue weighted by molar-refractivity contribution is 0.187. The highest BCUT2D eigenvalue weighted by Gasteiger charge is 2.27. The molecule has 4 nitrogen and oxygen atoms in total. The van der Waals surface area contributed by atoms with E-state index >= 15 is 0 Å². The standard InChI is InChI=1S/C15H23FN4/c16-13-9-12(10-17)15(18-11-13)20-7-5-19(6-8-20)14-3-1-2-4-14/h9,11,14H,1-8,10,17H2. The molecule has 2 N–H and O–H groups in total. The zero-order valence-corrected chi connectivity index (χ0v) is 11.9. The Morgan fingerprint density at radius 1 is 1.20 bits per heavy atom. The molecule has 1 saturated carbocycles. The van der Waals surface area contributed by atoms with Gasteiger partial charge in [0.05, 0.1) is 6.20 Å². The molecule has 1 aromatic heterocycles. The van der Waals surface area contributed by atoms with Crippen molar-refractivity contribution in [3.63, 3.8) is 0 Å². The fourth-order valence-electron chi connectivity index (χ4n) is 3.48. The van der Waals surface area contributed by atoms with E-state index in [-0.39, 0.29) is 5.82 Å². The first-order chi connectivity index (χ1) is 9.78. The largest absolute Gasteiger partial charge is 0.354 e. The predicted molar refractivity (Wildman–Crippen MR) is 78.1 cm³/mol. The molecule has 1 aliphatic heterocycles. The highest BCUT2D eigenvalue weighted by atomic mass is 19.1. The Balaban J connectivity index is 1.65. The van der Waals surface area contributed by atoms with E-state index in [4.69, 9.17) is 5.73 Å². The number of aromatic nitrogens is 1. The van der Waals surface area contributed by atoms with Gasteiger partial charge in [-0.05, 0) is 18.9 Å². The fourth-order valence-corrected chi connectivity index (χ4v) is 3.48. The Morgan fingerprint density at radius 3 is 2.55 bits per heavy atom. The van der Waals surface area contributed by atoms with Crippen molar-refractivity contribution in [2.24, 2.45) is 5.73 Å². The van der Waals surface area contributed by atoms with E-state index in [1.807, 2.05) is 0 Å². The Labute approximate surface area is 119 Å². The van der Waals surface area contributed by atoms with Crippen molar-refractivity contribution in [2.75, 3.05) is 31.1 Å². The highest BCUT2D eigenvalue weighted by molar-refractivity contribution is 5.47. The monoisotopic (exact) mass is 278 g/mol. The average molecular weight is 278 g/mol. The van der Waals surface area contributed by atoms with Gasteiger partial charge in [0.2, 0.25) is 0 Å². The molecular formula is C15H23FN4. The molecule has 3 rings (SSSR count). The van der Waals surface area contributed by atoms with Crippen LogP contribution in [0.25, 0.3) is 0 Å². The summed E-state index contributed by atoms with van der Waals surface area (Å²) in [5.74, 6) is 0.554. The SMILES string of the molecule is NCc1cc(F)cnc1N1CCN(C2CCCC2)CC1. The van der Waals surface area contributed by atoms with Crippen LogP contribution >= 0.6 is 0 Å². The first-order valence-electron chi connectivity index (χ1n) is 7.61. The fraction of sp³-hybridized carbons (Fsp3) is 0.667. The second kappa shape index (κ2) is 6.06. The van der Waals surface area contributed by atoms with E-state index in [1.54, 1.807) is 0 Å². The van der Waals surface area contributed by atoms with Crippen LogP contribution in [0.4, 0.5) is 10.2 Å². The van der Waals surface area contributed by atoms with Gasteiger partial charge in [-0.15, -0.1) is 0 Å². The minimum absolute atomic E-state index is 0.307. The van der Waals surface area contributed by atoms with Crippen molar-refractivity contribution in [2.45, 2.75) is 38.3 Å². The van der Waals surface area contributed by atoms with Gasteiger partial charge in [0.15, 0.2) is 0 Å². The van der Waals surface area contributed by atoms with Crippen LogP contribution < -0.4 is 10.6 Å². The van der Waals surface area contributed by atoms with E-state index in [2.05, 4.69) is 14.8 Å². The summed E-state index contributed by atoms with van der Waals surface area (Å²) in [4.78, 5) is 9.10. The topological polar surface area (TPSA) is 45.4 Å². The third-order valence-corrected chi connectivity index (χ3v) is 4.58. The molecule has 2 fully saturated rings. The summed E-state index contributed by atoms with van der Waals surface area (Å²) in [6.07, 6.45) is 6.74. The maximum absolute atomic E-state index is 13.2. The summed E-state index contributed by atoms with van der Waals surface area (Å²) < 4.78 is 13.2. The second-order valence-electron chi connectivity index (χ2n) is 5.80. The number of halogens is 1. The first-order valence-corrected chi connectivity index (χ1v) is 7.61. The molecule has 2 heterocycles. The lowest BCUT2D eigenvalue weighted by atomic mass is 10.1. The summed E-state index contributed by atoms with van der Waals surface area (Å²) in [5, 5.41) is 0. The number of piperazine rings is 1. The Bertz CT molecular complexity index is 451. The number of anilines is 1. The van der Waals surface area contributed by atoms with Crippen LogP contribution in [0.2, 0.25) is 0 Å². The van der Waals surface area contributed by atoms with E-state index in [0.29, 0.717) is 6.54 Å². The van der Waals surface area contributed by atoms with Crippen LogP contribution in [-0.2, 0) is 6.54 Å². The molecule has 2 aliphatic rings. The normalized spacial score (nSPS) is 21.6. The molecule has 0 bridgehead atoms. The van der Waals surface area contributed by atoms with E-state index < -0.39 is 0 Å². The van der Waals surface area contributed by atoms with Gasteiger partial charge in [0.1, 0.15) is 11.6 Å². The van der Waals surface area contributed by atoms with Crippen LogP contribution in [0.1, 0.15) is 31.2 Å². The minimum atomic E-state index is -0.307. The van der Waals surface area contributed by atoms with Crippen molar-refractivity contribution in [3.8, 4) is 0 Å². The van der Waals surface area contributed by atoms with Gasteiger partial charge in [-0.25, -0.2) is 9.37 Å². The molecule has 5 heteroatoms. The third kappa shape index (κ3) is 2.79. The lowest BCUT2D eigenvalue weighted by Crippen LogP contribution is -2.50. The molecule has 0 spiro atoms. The Morgan fingerprint density at radius 2 is 1.90 bits per heavy atom. The van der Waals surface area contributed by atoms with Gasteiger partial charge < -0.3 is 10.6 Å². The van der Waals surface area contributed by atoms with Crippen LogP contribution in [-0.4, -0.2) is 42.1 Å². The molecule has 1 saturated heterocycles. The predicted octanol–water partition coefficient (Wildman–Crippen LogP) is 1.74. The van der Waals surface area contributed by atoms with Crippen molar-refractivity contribution < 1.29 is 4.39 Å². The van der Waals surface area contributed by atoms with Crippen LogP contribution in [0.15, 0.2) is 12.3 Å². The summed E-state index contributed by atoms with van der Waals surface area (Å²) in [5.41, 5.74) is 6.51. The number of rotatable bonds is 3. The number of hydrogen-bond acceptors (Lipinski definition) is 4. The van der Waals surface area contributed by atoms with E-state index in [0.717, 1.165) is 43.6 Å². The van der Waals surface area contributed by atoms with Gasteiger partial charge >= 0.3 is 0 Å². The zero-order valence-electron chi connectivity index (χ0n) is 11.9. The van der Waals surface area contributed by atoms with Gasteiger partial charge in [-0.3, -0.25) is 4.90 Å². The minimum Gasteiger partial charge on any atom is -0.354 e. The van der Waals surface area contributed by atoms with Crippen LogP contribution in [0.5, 0.6) is 0 Å². The maximum Gasteiger partial charge on any atom is 0.141 e. The van der Waals surface area contributed by atoms with Crippen molar-refractivity contribution in [1.82, 2.24) is 9.88 Å². The molecule has 1 aliphatic carbocycles. The maximum atomic E-state index is 13.2. The number of hydrogen-bond donors (Lipinski definition) is 1. The average Bonchev–Trinajstić information content (AvgIpc) is 3.01. The number of nitrogens with zero attached hydrogens (tertiary/aromatic N) is 3. The first kappa shape index (κ1) is 13.8. The zero-order chi connectivity index (χ0) is 13.9.